The molecule has 0 fully saturated rings. The van der Waals surface area contributed by atoms with Crippen LogP contribution in [0.15, 0.2) is 37.0 Å². The van der Waals surface area contributed by atoms with E-state index in [1.165, 1.54) is 5.57 Å². The molecule has 0 aromatic carbocycles. The Morgan fingerprint density at radius 1 is 1.55 bits per heavy atom. The van der Waals surface area contributed by atoms with Gasteiger partial charge in [-0.05, 0) is 18.5 Å². The average Bonchev–Trinajstić information content (AvgIpc) is 2.00. The average molecular weight is 151 g/mol. The third-order valence-electron chi connectivity index (χ3n) is 1.63. The number of rotatable bonds is 5. The van der Waals surface area contributed by atoms with Crippen molar-refractivity contribution < 1.29 is 0 Å². The van der Waals surface area contributed by atoms with Gasteiger partial charge in [-0.1, -0.05) is 38.3 Å². The standard InChI is InChI=1S/C10H17N/c1-5-7-10(6-2)9(3)8-11-4/h5-7,9,11H,1-2,8H2,3-4H3/b10-7+/t9-/m0/s1. The highest BCUT2D eigenvalue weighted by Gasteiger charge is 2.01. The van der Waals surface area contributed by atoms with Crippen LogP contribution in [0.1, 0.15) is 6.92 Å². The number of nitrogens with one attached hydrogen (secondary N) is 1. The van der Waals surface area contributed by atoms with Gasteiger partial charge >= 0.3 is 0 Å². The molecule has 0 aliphatic heterocycles. The topological polar surface area (TPSA) is 12.0 Å². The van der Waals surface area contributed by atoms with E-state index >= 15 is 0 Å². The van der Waals surface area contributed by atoms with Crippen LogP contribution < -0.4 is 5.32 Å². The van der Waals surface area contributed by atoms with E-state index in [1.807, 2.05) is 19.2 Å². The summed E-state index contributed by atoms with van der Waals surface area (Å²) >= 11 is 0. The first-order chi connectivity index (χ1) is 5.26. The van der Waals surface area contributed by atoms with Crippen LogP contribution in [-0.4, -0.2) is 13.6 Å². The molecule has 0 aliphatic carbocycles. The Labute approximate surface area is 69.5 Å². The molecule has 0 saturated carbocycles. The van der Waals surface area contributed by atoms with E-state index in [1.54, 1.807) is 6.08 Å². The van der Waals surface area contributed by atoms with E-state index in [9.17, 15) is 0 Å². The van der Waals surface area contributed by atoms with Crippen LogP contribution in [0.5, 0.6) is 0 Å². The summed E-state index contributed by atoms with van der Waals surface area (Å²) < 4.78 is 0. The van der Waals surface area contributed by atoms with E-state index in [0.29, 0.717) is 5.92 Å². The fourth-order valence-corrected chi connectivity index (χ4v) is 0.994. The van der Waals surface area contributed by atoms with Crippen LogP contribution in [-0.2, 0) is 0 Å². The summed E-state index contributed by atoms with van der Waals surface area (Å²) in [6.45, 7) is 10.5. The van der Waals surface area contributed by atoms with Gasteiger partial charge in [-0.2, -0.15) is 0 Å². The van der Waals surface area contributed by atoms with Crippen LogP contribution in [0.25, 0.3) is 0 Å². The van der Waals surface area contributed by atoms with Crippen LogP contribution in [0, 0.1) is 5.92 Å². The second-order valence-electron chi connectivity index (χ2n) is 2.57. The summed E-state index contributed by atoms with van der Waals surface area (Å²) in [5, 5.41) is 3.12. The van der Waals surface area contributed by atoms with Crippen molar-refractivity contribution in [2.24, 2.45) is 5.92 Å². The Balaban J connectivity index is 4.12. The lowest BCUT2D eigenvalue weighted by Crippen LogP contribution is -2.17. The van der Waals surface area contributed by atoms with Gasteiger partial charge in [-0.3, -0.25) is 0 Å². The first-order valence-electron chi connectivity index (χ1n) is 3.86. The molecule has 0 bridgehead atoms. The quantitative estimate of drug-likeness (QED) is 0.594. The molecule has 1 atom stereocenters. The lowest BCUT2D eigenvalue weighted by Gasteiger charge is -2.10. The molecular formula is C10H17N. The monoisotopic (exact) mass is 151 g/mol. The molecule has 1 N–H and O–H groups in total. The van der Waals surface area contributed by atoms with Crippen LogP contribution in [0.2, 0.25) is 0 Å². The molecular weight excluding hydrogens is 134 g/mol. The maximum Gasteiger partial charge on any atom is 0.00144 e. The summed E-state index contributed by atoms with van der Waals surface area (Å²) in [6, 6.07) is 0. The number of hydrogen-bond donors (Lipinski definition) is 1. The van der Waals surface area contributed by atoms with E-state index in [-0.39, 0.29) is 0 Å². The van der Waals surface area contributed by atoms with Gasteiger partial charge < -0.3 is 5.32 Å². The Morgan fingerprint density at radius 3 is 2.55 bits per heavy atom. The summed E-state index contributed by atoms with van der Waals surface area (Å²) in [7, 11) is 1.95. The van der Waals surface area contributed by atoms with Crippen molar-refractivity contribution in [3.05, 3.63) is 37.0 Å². The molecule has 62 valence electrons. The Morgan fingerprint density at radius 2 is 2.18 bits per heavy atom. The minimum atomic E-state index is 0.510. The number of hydrogen-bond acceptors (Lipinski definition) is 1. The van der Waals surface area contributed by atoms with Crippen molar-refractivity contribution in [3.63, 3.8) is 0 Å². The largest absolute Gasteiger partial charge is 0.319 e. The van der Waals surface area contributed by atoms with E-state index in [4.69, 9.17) is 0 Å². The van der Waals surface area contributed by atoms with Crippen molar-refractivity contribution in [3.8, 4) is 0 Å². The highest BCUT2D eigenvalue weighted by atomic mass is 14.8. The molecule has 0 saturated heterocycles. The van der Waals surface area contributed by atoms with Gasteiger partial charge in [-0.25, -0.2) is 0 Å². The van der Waals surface area contributed by atoms with Crippen LogP contribution in [0.4, 0.5) is 0 Å². The number of allylic oxidation sites excluding steroid dienone is 3. The predicted octanol–water partition coefficient (Wildman–Crippen LogP) is 2.14. The fraction of sp³-hybridized carbons (Fsp3) is 0.400. The van der Waals surface area contributed by atoms with E-state index in [2.05, 4.69) is 25.4 Å². The molecule has 0 amide bonds. The van der Waals surface area contributed by atoms with Crippen LogP contribution in [0.3, 0.4) is 0 Å². The Hall–Kier alpha value is -0.820. The second kappa shape index (κ2) is 5.93. The lowest BCUT2D eigenvalue weighted by molar-refractivity contribution is 0.630. The minimum absolute atomic E-state index is 0.510. The summed E-state index contributed by atoms with van der Waals surface area (Å²) in [5.74, 6) is 0.510. The maximum absolute atomic E-state index is 3.74. The van der Waals surface area contributed by atoms with Crippen molar-refractivity contribution in [1.82, 2.24) is 5.32 Å². The molecule has 0 aromatic rings. The minimum Gasteiger partial charge on any atom is -0.319 e. The molecule has 1 nitrogen and oxygen atoms in total. The SMILES string of the molecule is C=C/C=C(\C=C)[C@@H](C)CNC. The van der Waals surface area contributed by atoms with Crippen molar-refractivity contribution in [2.45, 2.75) is 6.92 Å². The smallest absolute Gasteiger partial charge is 0.00144 e. The zero-order chi connectivity index (χ0) is 8.69. The summed E-state index contributed by atoms with van der Waals surface area (Å²) in [5.41, 5.74) is 1.23. The Kier molecular flexibility index (Phi) is 5.49. The Bertz CT molecular complexity index is 156. The third kappa shape index (κ3) is 3.79. The van der Waals surface area contributed by atoms with Gasteiger partial charge in [-0.15, -0.1) is 0 Å². The first kappa shape index (κ1) is 10.2. The molecule has 0 spiro atoms. The molecule has 0 aromatic heterocycles. The molecule has 1 heteroatoms. The normalized spacial score (nSPS) is 14.2. The fourth-order valence-electron chi connectivity index (χ4n) is 0.994. The molecule has 11 heavy (non-hydrogen) atoms. The van der Waals surface area contributed by atoms with Gasteiger partial charge in [0.2, 0.25) is 0 Å². The van der Waals surface area contributed by atoms with Gasteiger partial charge in [0.25, 0.3) is 0 Å². The van der Waals surface area contributed by atoms with E-state index in [0.717, 1.165) is 6.54 Å². The van der Waals surface area contributed by atoms with Crippen molar-refractivity contribution in [2.75, 3.05) is 13.6 Å². The summed E-state index contributed by atoms with van der Waals surface area (Å²) in [6.07, 6.45) is 5.67. The molecule has 0 aliphatic rings. The third-order valence-corrected chi connectivity index (χ3v) is 1.63. The maximum atomic E-state index is 3.74. The molecule has 0 radical (unpaired) electrons. The molecule has 0 heterocycles. The van der Waals surface area contributed by atoms with Gasteiger partial charge in [0, 0.05) is 6.54 Å². The van der Waals surface area contributed by atoms with E-state index < -0.39 is 0 Å². The highest BCUT2D eigenvalue weighted by molar-refractivity contribution is 5.23. The highest BCUT2D eigenvalue weighted by Crippen LogP contribution is 2.09. The molecule has 0 unspecified atom stereocenters. The molecule has 0 rings (SSSR count). The zero-order valence-electron chi connectivity index (χ0n) is 7.43. The summed E-state index contributed by atoms with van der Waals surface area (Å²) in [4.78, 5) is 0. The second-order valence-corrected chi connectivity index (χ2v) is 2.57. The van der Waals surface area contributed by atoms with Crippen LogP contribution >= 0.6 is 0 Å². The zero-order valence-corrected chi connectivity index (χ0v) is 7.43. The van der Waals surface area contributed by atoms with Crippen molar-refractivity contribution in [1.29, 1.82) is 0 Å². The van der Waals surface area contributed by atoms with Crippen molar-refractivity contribution >= 4 is 0 Å². The first-order valence-corrected chi connectivity index (χ1v) is 3.86. The van der Waals surface area contributed by atoms with Gasteiger partial charge in [0.05, 0.1) is 0 Å². The van der Waals surface area contributed by atoms with Gasteiger partial charge in [0.15, 0.2) is 0 Å². The predicted molar refractivity (Wildman–Crippen MR) is 51.6 cm³/mol. The lowest BCUT2D eigenvalue weighted by atomic mass is 10.0. The van der Waals surface area contributed by atoms with Gasteiger partial charge in [0.1, 0.15) is 0 Å².